The highest BCUT2D eigenvalue weighted by Gasteiger charge is 2.36. The van der Waals surface area contributed by atoms with E-state index in [1.165, 1.54) is 17.1 Å². The molecule has 1 N–H and O–H groups in total. The summed E-state index contributed by atoms with van der Waals surface area (Å²) in [5.41, 5.74) is 1.22. The number of imide groups is 1. The summed E-state index contributed by atoms with van der Waals surface area (Å²) < 4.78 is 0. The zero-order valence-corrected chi connectivity index (χ0v) is 18.4. The molecule has 0 bridgehead atoms. The molecule has 2 aromatic carbocycles. The minimum absolute atomic E-state index is 0.00831. The second kappa shape index (κ2) is 8.43. The number of anilines is 1. The molecule has 0 unspecified atom stereocenters. The first-order chi connectivity index (χ1) is 14.4. The maximum Gasteiger partial charge on any atom is 0.337 e. The average molecular weight is 478 g/mol. The molecule has 1 aromatic heterocycles. The number of carboxylic acid groups (broad SMARTS) is 1. The second-order valence-electron chi connectivity index (χ2n) is 6.45. The quantitative estimate of drug-likeness (QED) is 0.372. The van der Waals surface area contributed by atoms with Crippen LogP contribution in [0.4, 0.5) is 5.69 Å². The maximum absolute atomic E-state index is 13.0. The highest BCUT2D eigenvalue weighted by atomic mass is 35.5. The monoisotopic (exact) mass is 477 g/mol. The lowest BCUT2D eigenvalue weighted by Crippen LogP contribution is -2.42. The van der Waals surface area contributed by atoms with E-state index in [2.05, 4.69) is 0 Å². The van der Waals surface area contributed by atoms with E-state index in [9.17, 15) is 19.5 Å². The number of carbonyl (C=O) groups is 3. The number of benzene rings is 2. The molecule has 3 aromatic rings. The number of aromatic carboxylic acids is 1. The molecule has 9 heteroatoms. The van der Waals surface area contributed by atoms with Gasteiger partial charge >= 0.3 is 5.97 Å². The molecule has 0 fully saturated rings. The van der Waals surface area contributed by atoms with Gasteiger partial charge in [0.25, 0.3) is 5.91 Å². The van der Waals surface area contributed by atoms with Gasteiger partial charge in [-0.15, -0.1) is 23.1 Å². The number of thioether (sulfide) groups is 1. The molecule has 0 spiro atoms. The number of rotatable bonds is 5. The third-order valence-corrected chi connectivity index (χ3v) is 7.31. The van der Waals surface area contributed by atoms with Gasteiger partial charge in [-0.3, -0.25) is 9.59 Å². The number of halogens is 2. The number of hydrogen-bond donors (Lipinski definition) is 1. The fraction of sp³-hybridized carbons (Fsp3) is 0.0952. The van der Waals surface area contributed by atoms with Crippen molar-refractivity contribution in [3.8, 4) is 0 Å². The number of nitrogens with zero attached hydrogens (tertiary/aromatic N) is 1. The molecule has 0 saturated carbocycles. The third kappa shape index (κ3) is 3.86. The van der Waals surface area contributed by atoms with Crippen LogP contribution in [0, 0.1) is 0 Å². The predicted molar refractivity (Wildman–Crippen MR) is 119 cm³/mol. The fourth-order valence-electron chi connectivity index (χ4n) is 3.16. The van der Waals surface area contributed by atoms with Crippen LogP contribution in [-0.2, 0) is 17.0 Å². The molecule has 2 heterocycles. The summed E-state index contributed by atoms with van der Waals surface area (Å²) in [6.07, 6.45) is -0.00831. The van der Waals surface area contributed by atoms with Crippen molar-refractivity contribution in [3.05, 3.63) is 79.5 Å². The number of carboxylic acids is 1. The van der Waals surface area contributed by atoms with E-state index in [1.54, 1.807) is 36.4 Å². The maximum atomic E-state index is 13.0. The molecule has 30 heavy (non-hydrogen) atoms. The second-order valence-corrected chi connectivity index (χ2v) is 9.28. The molecule has 2 amide bonds. The van der Waals surface area contributed by atoms with Gasteiger partial charge in [0.05, 0.1) is 23.2 Å². The van der Waals surface area contributed by atoms with Crippen molar-refractivity contribution in [2.24, 2.45) is 0 Å². The van der Waals surface area contributed by atoms with Gasteiger partial charge in [-0.25, -0.2) is 9.69 Å². The van der Waals surface area contributed by atoms with Gasteiger partial charge in [0.2, 0.25) is 5.91 Å². The Hall–Kier alpha value is -2.32. The summed E-state index contributed by atoms with van der Waals surface area (Å²) in [6, 6.07) is 12.3. The average Bonchev–Trinajstić information content (AvgIpc) is 3.12. The lowest BCUT2D eigenvalue weighted by Gasteiger charge is -2.25. The Balaban J connectivity index is 1.62. The van der Waals surface area contributed by atoms with Gasteiger partial charge in [-0.1, -0.05) is 35.3 Å². The van der Waals surface area contributed by atoms with Gasteiger partial charge in [0.15, 0.2) is 0 Å². The lowest BCUT2D eigenvalue weighted by molar-refractivity contribution is -0.117. The first-order valence-corrected chi connectivity index (χ1v) is 11.4. The van der Waals surface area contributed by atoms with Crippen LogP contribution in [0.2, 0.25) is 10.0 Å². The number of amides is 2. The van der Waals surface area contributed by atoms with Crippen LogP contribution in [0.5, 0.6) is 0 Å². The minimum Gasteiger partial charge on any atom is -0.478 e. The van der Waals surface area contributed by atoms with E-state index in [1.807, 2.05) is 6.07 Å². The van der Waals surface area contributed by atoms with E-state index in [0.717, 1.165) is 26.7 Å². The van der Waals surface area contributed by atoms with Crippen LogP contribution in [0.15, 0.2) is 52.7 Å². The van der Waals surface area contributed by atoms with E-state index in [4.69, 9.17) is 23.2 Å². The molecule has 0 radical (unpaired) electrons. The number of carbonyl (C=O) groups excluding carboxylic acids is 2. The molecule has 5 nitrogen and oxygen atoms in total. The Morgan fingerprint density at radius 2 is 1.83 bits per heavy atom. The number of thiophene rings is 1. The SMILES string of the molecule is O=C(O)c1csc2c1C(=O)N(c1cccc(SCc3c(Cl)cccc3Cl)c1)C(=O)C2. The van der Waals surface area contributed by atoms with Crippen LogP contribution >= 0.6 is 46.3 Å². The zero-order valence-electron chi connectivity index (χ0n) is 15.2. The fourth-order valence-corrected chi connectivity index (χ4v) is 5.85. The molecular weight excluding hydrogens is 465 g/mol. The van der Waals surface area contributed by atoms with E-state index < -0.39 is 11.9 Å². The Labute approximate surface area is 190 Å². The highest BCUT2D eigenvalue weighted by molar-refractivity contribution is 7.98. The summed E-state index contributed by atoms with van der Waals surface area (Å²) in [5.74, 6) is -1.67. The molecule has 0 saturated heterocycles. The van der Waals surface area contributed by atoms with Crippen LogP contribution in [0.3, 0.4) is 0 Å². The summed E-state index contributed by atoms with van der Waals surface area (Å²) in [4.78, 5) is 39.5. The van der Waals surface area contributed by atoms with E-state index in [-0.39, 0.29) is 23.5 Å². The Morgan fingerprint density at radius 1 is 1.13 bits per heavy atom. The number of hydrogen-bond acceptors (Lipinski definition) is 5. The molecule has 1 aliphatic heterocycles. The Kier molecular flexibility index (Phi) is 5.88. The topological polar surface area (TPSA) is 74.7 Å². The van der Waals surface area contributed by atoms with Crippen molar-refractivity contribution in [2.75, 3.05) is 4.90 Å². The van der Waals surface area contributed by atoms with E-state index >= 15 is 0 Å². The standard InChI is InChI=1S/C21H13Cl2NO4S2/c22-15-5-2-6-16(23)13(15)9-29-12-4-1-3-11(7-12)24-18(25)8-17-19(20(24)26)14(10-30-17)21(27)28/h1-7,10H,8-9H2,(H,27,28). The highest BCUT2D eigenvalue weighted by Crippen LogP contribution is 2.35. The largest absolute Gasteiger partial charge is 0.478 e. The first-order valence-electron chi connectivity index (χ1n) is 8.73. The van der Waals surface area contributed by atoms with Crippen LogP contribution in [-0.4, -0.2) is 22.9 Å². The number of fused-ring (bicyclic) bond motifs is 1. The third-order valence-electron chi connectivity index (χ3n) is 4.60. The van der Waals surface area contributed by atoms with Gasteiger partial charge in [-0.05, 0) is 35.9 Å². The van der Waals surface area contributed by atoms with Gasteiger partial charge in [0, 0.05) is 31.0 Å². The smallest absolute Gasteiger partial charge is 0.337 e. The minimum atomic E-state index is -1.18. The zero-order chi connectivity index (χ0) is 21.4. The van der Waals surface area contributed by atoms with Gasteiger partial charge in [0.1, 0.15) is 0 Å². The van der Waals surface area contributed by atoms with Crippen molar-refractivity contribution < 1.29 is 19.5 Å². The Morgan fingerprint density at radius 3 is 2.53 bits per heavy atom. The summed E-state index contributed by atoms with van der Waals surface area (Å²) in [6.45, 7) is 0. The summed E-state index contributed by atoms with van der Waals surface area (Å²) in [7, 11) is 0. The van der Waals surface area contributed by atoms with E-state index in [0.29, 0.717) is 26.4 Å². The molecule has 0 atom stereocenters. The Bertz CT molecular complexity index is 1170. The predicted octanol–water partition coefficient (Wildman–Crippen LogP) is 5.77. The molecule has 152 valence electrons. The van der Waals surface area contributed by atoms with Crippen molar-refractivity contribution >= 4 is 69.8 Å². The van der Waals surface area contributed by atoms with Crippen molar-refractivity contribution in [1.29, 1.82) is 0 Å². The van der Waals surface area contributed by atoms with Crippen molar-refractivity contribution in [3.63, 3.8) is 0 Å². The molecule has 1 aliphatic rings. The van der Waals surface area contributed by atoms with Gasteiger partial charge in [-0.2, -0.15) is 0 Å². The van der Waals surface area contributed by atoms with Crippen LogP contribution in [0.25, 0.3) is 0 Å². The van der Waals surface area contributed by atoms with Crippen molar-refractivity contribution in [1.82, 2.24) is 0 Å². The van der Waals surface area contributed by atoms with Crippen molar-refractivity contribution in [2.45, 2.75) is 17.1 Å². The lowest BCUT2D eigenvalue weighted by atomic mass is 10.0. The molecule has 0 aliphatic carbocycles. The van der Waals surface area contributed by atoms with Crippen LogP contribution < -0.4 is 4.90 Å². The summed E-state index contributed by atoms with van der Waals surface area (Å²) >= 11 is 15.0. The molecular formula is C21H13Cl2NO4S2. The molecule has 4 rings (SSSR count). The van der Waals surface area contributed by atoms with Crippen LogP contribution in [0.1, 0.15) is 31.2 Å². The summed E-state index contributed by atoms with van der Waals surface area (Å²) in [5, 5.41) is 11.9. The normalized spacial score (nSPS) is 13.5. The first kappa shape index (κ1) is 20.9. The van der Waals surface area contributed by atoms with Gasteiger partial charge < -0.3 is 5.11 Å².